The van der Waals surface area contributed by atoms with E-state index in [2.05, 4.69) is 20.7 Å². The van der Waals surface area contributed by atoms with Crippen LogP contribution in [-0.2, 0) is 14.6 Å². The normalized spacial score (nSPS) is 14.5. The molecule has 0 unspecified atom stereocenters. The van der Waals surface area contributed by atoms with Crippen molar-refractivity contribution in [1.29, 1.82) is 5.41 Å². The average Bonchev–Trinajstić information content (AvgIpc) is 3.76. The van der Waals surface area contributed by atoms with Gasteiger partial charge < -0.3 is 15.4 Å². The van der Waals surface area contributed by atoms with E-state index in [1.807, 2.05) is 0 Å². The predicted molar refractivity (Wildman–Crippen MR) is 198 cm³/mol. The Balaban J connectivity index is 1.58. The minimum absolute atomic E-state index is 0.0513. The molecule has 22 heteroatoms. The fourth-order valence-corrected chi connectivity index (χ4v) is 6.73. The number of alkyl halides is 7. The van der Waals surface area contributed by atoms with Crippen LogP contribution in [0, 0.1) is 16.6 Å². The van der Waals surface area contributed by atoms with Crippen LogP contribution in [0.5, 0.6) is 0 Å². The second-order valence-electron chi connectivity index (χ2n) is 14.3. The van der Waals surface area contributed by atoms with Gasteiger partial charge in [0.1, 0.15) is 29.2 Å². The van der Waals surface area contributed by atoms with Gasteiger partial charge in [-0.2, -0.15) is 31.7 Å². The summed E-state index contributed by atoms with van der Waals surface area (Å²) in [5.41, 5.74) is -3.98. The molecule has 0 aliphatic heterocycles. The number of amides is 2. The quantitative estimate of drug-likeness (QED) is 0.0647. The molecule has 0 saturated heterocycles. The van der Waals surface area contributed by atoms with Crippen molar-refractivity contribution in [2.45, 2.75) is 68.7 Å². The van der Waals surface area contributed by atoms with Crippen LogP contribution in [0.25, 0.3) is 22.5 Å². The molecule has 12 nitrogen and oxygen atoms in total. The van der Waals surface area contributed by atoms with Crippen molar-refractivity contribution in [2.75, 3.05) is 19.4 Å². The Kier molecular flexibility index (Phi) is 13.0. The van der Waals surface area contributed by atoms with Crippen LogP contribution >= 0.6 is 11.6 Å². The summed E-state index contributed by atoms with van der Waals surface area (Å²) in [5, 5.41) is 16.9. The molecular formula is C37H36ClF8N7O5S. The van der Waals surface area contributed by atoms with Gasteiger partial charge in [-0.3, -0.25) is 15.1 Å². The highest BCUT2D eigenvalue weighted by atomic mass is 35.5. The number of hydrogen-bond donors (Lipinski definition) is 3. The van der Waals surface area contributed by atoms with E-state index in [4.69, 9.17) is 21.7 Å². The maximum absolute atomic E-state index is 14.7. The molecule has 1 fully saturated rings. The van der Waals surface area contributed by atoms with E-state index in [9.17, 15) is 53.1 Å². The maximum atomic E-state index is 14.7. The summed E-state index contributed by atoms with van der Waals surface area (Å²) in [6, 6.07) is 10.6. The van der Waals surface area contributed by atoms with Gasteiger partial charge >= 0.3 is 18.8 Å². The van der Waals surface area contributed by atoms with E-state index >= 15 is 0 Å². The van der Waals surface area contributed by atoms with E-state index in [-0.39, 0.29) is 44.8 Å². The van der Waals surface area contributed by atoms with Crippen LogP contribution in [0.2, 0.25) is 5.02 Å². The third-order valence-corrected chi connectivity index (χ3v) is 11.1. The van der Waals surface area contributed by atoms with Crippen molar-refractivity contribution in [1.82, 2.24) is 30.3 Å². The molecule has 1 atom stereocenters. The molecule has 0 bridgehead atoms. The van der Waals surface area contributed by atoms with Crippen LogP contribution in [-0.4, -0.2) is 83.6 Å². The average molecular weight is 878 g/mol. The minimum atomic E-state index is -4.65. The second-order valence-corrected chi connectivity index (χ2v) is 16.7. The summed E-state index contributed by atoms with van der Waals surface area (Å²) in [6.45, 7) is -2.73. The Hall–Kier alpha value is -5.31. The summed E-state index contributed by atoms with van der Waals surface area (Å²) in [6.07, 6.45) is -8.00. The van der Waals surface area contributed by atoms with Crippen molar-refractivity contribution >= 4 is 39.4 Å². The van der Waals surface area contributed by atoms with Crippen LogP contribution < -0.4 is 10.6 Å². The molecule has 1 saturated carbocycles. The molecule has 3 aromatic carbocycles. The predicted octanol–water partition coefficient (Wildman–Crippen LogP) is 8.41. The third-order valence-electron chi connectivity index (χ3n) is 9.68. The molecule has 1 heterocycles. The highest BCUT2D eigenvalue weighted by Crippen LogP contribution is 2.42. The molecule has 318 valence electrons. The first kappa shape index (κ1) is 44.8. The number of guanidine groups is 1. The first-order chi connectivity index (χ1) is 27.5. The van der Waals surface area contributed by atoms with Crippen LogP contribution in [0.15, 0.2) is 71.9 Å². The highest BCUT2D eigenvalue weighted by Gasteiger charge is 2.53. The number of halogens is 9. The van der Waals surface area contributed by atoms with Gasteiger partial charge in [-0.25, -0.2) is 31.4 Å². The number of hydrogen-bond acceptors (Lipinski definition) is 8. The number of ether oxygens (including phenoxy) is 1. The van der Waals surface area contributed by atoms with E-state index in [1.165, 1.54) is 48.5 Å². The van der Waals surface area contributed by atoms with E-state index in [1.54, 1.807) is 0 Å². The lowest BCUT2D eigenvalue weighted by atomic mass is 9.88. The number of nitrogens with zero attached hydrogens (tertiary/aromatic N) is 4. The SMILES string of the molecule is CC(C)(CCNC(=N)N(C(=O)c1ccc(-c2ccc(S(C)(=O)=O)c(F)c2)cc1)[C@H](COC(=O)NC1(C(F)F)CC1)c1ccc(Cl)c(-c2ncnn2C(F)F)c1)C(F)(F)F. The van der Waals surface area contributed by atoms with Crippen LogP contribution in [0.1, 0.15) is 61.6 Å². The van der Waals surface area contributed by atoms with Gasteiger partial charge in [-0.1, -0.05) is 49.7 Å². The number of sulfone groups is 1. The van der Waals surface area contributed by atoms with E-state index in [0.29, 0.717) is 10.5 Å². The van der Waals surface area contributed by atoms with Gasteiger partial charge in [-0.15, -0.1) is 0 Å². The number of rotatable bonds is 14. The molecular weight excluding hydrogens is 842 g/mol. The molecule has 4 aromatic rings. The Morgan fingerprint density at radius 2 is 1.66 bits per heavy atom. The second kappa shape index (κ2) is 17.1. The summed E-state index contributed by atoms with van der Waals surface area (Å²) in [4.78, 5) is 31.4. The molecule has 1 aromatic heterocycles. The van der Waals surface area contributed by atoms with Crippen LogP contribution in [0.4, 0.5) is 39.9 Å². The van der Waals surface area contributed by atoms with Crippen molar-refractivity contribution in [3.63, 3.8) is 0 Å². The molecule has 2 amide bonds. The first-order valence-electron chi connectivity index (χ1n) is 17.5. The fourth-order valence-electron chi connectivity index (χ4n) is 5.80. The van der Waals surface area contributed by atoms with Gasteiger partial charge in [-0.05, 0) is 72.4 Å². The van der Waals surface area contributed by atoms with Crippen molar-refractivity contribution in [3.05, 3.63) is 89.0 Å². The zero-order valence-electron chi connectivity index (χ0n) is 31.3. The zero-order chi connectivity index (χ0) is 43.7. The summed E-state index contributed by atoms with van der Waals surface area (Å²) < 4.78 is 140. The van der Waals surface area contributed by atoms with Gasteiger partial charge in [0, 0.05) is 23.9 Å². The zero-order valence-corrected chi connectivity index (χ0v) is 32.8. The lowest BCUT2D eigenvalue weighted by Crippen LogP contribution is -2.49. The molecule has 1 aliphatic rings. The lowest BCUT2D eigenvalue weighted by Gasteiger charge is -2.34. The minimum Gasteiger partial charge on any atom is -0.447 e. The topological polar surface area (TPSA) is 159 Å². The Bertz CT molecular complexity index is 2320. The first-order valence-corrected chi connectivity index (χ1v) is 19.8. The van der Waals surface area contributed by atoms with Gasteiger partial charge in [0.05, 0.1) is 16.5 Å². The summed E-state index contributed by atoms with van der Waals surface area (Å²) in [5.74, 6) is -3.32. The lowest BCUT2D eigenvalue weighted by molar-refractivity contribution is -0.213. The fraction of sp³-hybridized carbons (Fsp3) is 0.378. The highest BCUT2D eigenvalue weighted by molar-refractivity contribution is 7.90. The summed E-state index contributed by atoms with van der Waals surface area (Å²) >= 11 is 6.39. The molecule has 5 rings (SSSR count). The van der Waals surface area contributed by atoms with Crippen molar-refractivity contribution in [3.8, 4) is 22.5 Å². The number of carbonyl (C=O) groups is 2. The number of carbonyl (C=O) groups excluding carboxylic acids is 2. The third kappa shape index (κ3) is 10.1. The van der Waals surface area contributed by atoms with E-state index in [0.717, 1.165) is 38.6 Å². The monoisotopic (exact) mass is 877 g/mol. The number of alkyl carbamates (subject to hydrolysis) is 1. The maximum Gasteiger partial charge on any atom is 0.407 e. The largest absolute Gasteiger partial charge is 0.447 e. The molecule has 3 N–H and O–H groups in total. The number of benzene rings is 3. The summed E-state index contributed by atoms with van der Waals surface area (Å²) in [7, 11) is -3.89. The smallest absolute Gasteiger partial charge is 0.407 e. The standard InChI is InChI=1S/C37H36ClF8N7O5S/c1-35(2,37(44,45)46)14-15-48-33(47)52(30(54)21-6-4-20(5-7-21)22-9-11-28(26(39)17-22)59(3,56)57)27(18-58-34(55)51-36(12-13-36)31(40)41)23-8-10-25(38)24(16-23)29-49-19-50-53(29)32(42)43/h4-11,16-17,19,27,31-32H,12-15,18H2,1-3H3,(H2,47,48)(H,51,55)/t27-/m1/s1. The number of aromatic nitrogens is 3. The van der Waals surface area contributed by atoms with Gasteiger partial charge in [0.2, 0.25) is 0 Å². The van der Waals surface area contributed by atoms with Gasteiger partial charge in [0.25, 0.3) is 12.3 Å². The van der Waals surface area contributed by atoms with Crippen molar-refractivity contribution < 1.29 is 57.9 Å². The molecule has 0 spiro atoms. The molecule has 1 aliphatic carbocycles. The Labute approximate surface area is 337 Å². The molecule has 59 heavy (non-hydrogen) atoms. The van der Waals surface area contributed by atoms with Gasteiger partial charge in [0.15, 0.2) is 21.6 Å². The van der Waals surface area contributed by atoms with E-state index < -0.39 is 100 Å². The van der Waals surface area contributed by atoms with Crippen LogP contribution in [0.3, 0.4) is 0 Å². The Morgan fingerprint density at radius 1 is 1.02 bits per heavy atom. The number of nitrogens with one attached hydrogen (secondary N) is 3. The van der Waals surface area contributed by atoms with Crippen molar-refractivity contribution in [2.24, 2.45) is 5.41 Å². The Morgan fingerprint density at radius 3 is 2.22 bits per heavy atom. The molecule has 0 radical (unpaired) electrons.